The highest BCUT2D eigenvalue weighted by molar-refractivity contribution is 6.00. The maximum Gasteiger partial charge on any atom is 0.175 e. The summed E-state index contributed by atoms with van der Waals surface area (Å²) in [6.07, 6.45) is 16.7. The maximum absolute atomic E-state index is 6.09. The number of aliphatic imine (C=N–C) groups is 2. The Balaban J connectivity index is 2.62. The topological polar surface area (TPSA) is 68.6 Å². The molecule has 0 saturated heterocycles. The van der Waals surface area contributed by atoms with Crippen molar-refractivity contribution in [3.8, 4) is 0 Å². The van der Waals surface area contributed by atoms with Crippen molar-refractivity contribution in [2.45, 2.75) is 6.92 Å². The van der Waals surface area contributed by atoms with Crippen LogP contribution in [0.4, 0.5) is 0 Å². The van der Waals surface area contributed by atoms with Crippen LogP contribution in [0.3, 0.4) is 0 Å². The lowest BCUT2D eigenvalue weighted by atomic mass is 9.94. The van der Waals surface area contributed by atoms with Gasteiger partial charge in [-0.3, -0.25) is 4.99 Å². The minimum Gasteiger partial charge on any atom is -0.381 e. The van der Waals surface area contributed by atoms with Gasteiger partial charge in [-0.25, -0.2) is 9.98 Å². The molecule has 0 fully saturated rings. The molecule has 0 aliphatic rings. The van der Waals surface area contributed by atoms with Crippen LogP contribution in [0.2, 0.25) is 0 Å². The molecule has 5 heteroatoms. The number of hydrogen-bond donors (Lipinski definition) is 1. The van der Waals surface area contributed by atoms with Crippen molar-refractivity contribution >= 4 is 17.6 Å². The molecule has 2 N–H and O–H groups in total. The normalized spacial score (nSPS) is 14.2. The van der Waals surface area contributed by atoms with Crippen molar-refractivity contribution in [1.29, 1.82) is 0 Å². The fraction of sp³-hybridized carbons (Fsp3) is 0.125. The second-order valence-electron chi connectivity index (χ2n) is 6.13. The Hall–Kier alpha value is -3.73. The monoisotopic (exact) mass is 385 g/mol. The molecule has 0 saturated carbocycles. The largest absolute Gasteiger partial charge is 0.381 e. The molecule has 0 bridgehead atoms. The van der Waals surface area contributed by atoms with Crippen LogP contribution >= 0.6 is 0 Å². The quantitative estimate of drug-likeness (QED) is 0.413. The Labute approximate surface area is 172 Å². The van der Waals surface area contributed by atoms with E-state index in [1.165, 1.54) is 0 Å². The lowest BCUT2D eigenvalue weighted by molar-refractivity contribution is 0.894. The molecule has 5 nitrogen and oxygen atoms in total. The molecular formula is C24H27N5. The van der Waals surface area contributed by atoms with E-state index in [1.807, 2.05) is 73.5 Å². The molecule has 148 valence electrons. The minimum atomic E-state index is 0.349. The number of aryl methyl sites for hydroxylation is 1. The highest BCUT2D eigenvalue weighted by Crippen LogP contribution is 2.25. The zero-order valence-electron chi connectivity index (χ0n) is 17.2. The van der Waals surface area contributed by atoms with Crippen LogP contribution < -0.4 is 5.73 Å². The number of benzene rings is 1. The average Bonchev–Trinajstić information content (AvgIpc) is 3.16. The summed E-state index contributed by atoms with van der Waals surface area (Å²) in [6, 6.07) is 10.1. The van der Waals surface area contributed by atoms with Gasteiger partial charge in [-0.2, -0.15) is 0 Å². The van der Waals surface area contributed by atoms with Crippen molar-refractivity contribution in [2.24, 2.45) is 22.8 Å². The molecule has 0 spiro atoms. The number of hydrogen-bond acceptors (Lipinski definition) is 3. The van der Waals surface area contributed by atoms with Crippen molar-refractivity contribution < 1.29 is 0 Å². The number of nitrogens with zero attached hydrogens (tertiary/aromatic N) is 4. The first-order valence-corrected chi connectivity index (χ1v) is 9.27. The van der Waals surface area contributed by atoms with Crippen LogP contribution in [0.25, 0.3) is 5.57 Å². The molecule has 1 aromatic carbocycles. The highest BCUT2D eigenvalue weighted by atomic mass is 15.1. The molecular weight excluding hydrogens is 358 g/mol. The predicted molar refractivity (Wildman–Crippen MR) is 124 cm³/mol. The SMILES string of the molecule is C=C/C=C(\C=C/C)C(/C=NC)=C(/C=C/N=C(N)c1nccn1C)c1ccccc1. The van der Waals surface area contributed by atoms with Gasteiger partial charge in [0.05, 0.1) is 0 Å². The highest BCUT2D eigenvalue weighted by Gasteiger charge is 2.09. The Morgan fingerprint density at radius 3 is 2.55 bits per heavy atom. The number of nitrogens with two attached hydrogens (primary N) is 1. The Morgan fingerprint density at radius 1 is 1.21 bits per heavy atom. The van der Waals surface area contributed by atoms with Crippen LogP contribution in [-0.2, 0) is 7.05 Å². The summed E-state index contributed by atoms with van der Waals surface area (Å²) in [5.41, 5.74) is 10.1. The van der Waals surface area contributed by atoms with Gasteiger partial charge in [0, 0.05) is 44.5 Å². The van der Waals surface area contributed by atoms with E-state index in [0.29, 0.717) is 11.7 Å². The van der Waals surface area contributed by atoms with E-state index in [4.69, 9.17) is 5.73 Å². The molecule has 0 unspecified atom stereocenters. The summed E-state index contributed by atoms with van der Waals surface area (Å²) >= 11 is 0. The average molecular weight is 386 g/mol. The van der Waals surface area contributed by atoms with E-state index in [-0.39, 0.29) is 0 Å². The van der Waals surface area contributed by atoms with Gasteiger partial charge in [0.1, 0.15) is 0 Å². The lowest BCUT2D eigenvalue weighted by Gasteiger charge is -2.11. The van der Waals surface area contributed by atoms with Crippen molar-refractivity contribution in [3.05, 3.63) is 108 Å². The number of rotatable bonds is 8. The zero-order chi connectivity index (χ0) is 21.1. The second kappa shape index (κ2) is 11.2. The van der Waals surface area contributed by atoms with E-state index in [2.05, 4.69) is 33.7 Å². The summed E-state index contributed by atoms with van der Waals surface area (Å²) in [5, 5.41) is 0. The number of allylic oxidation sites excluding steroid dienone is 8. The van der Waals surface area contributed by atoms with Crippen LogP contribution in [-0.4, -0.2) is 28.6 Å². The van der Waals surface area contributed by atoms with E-state index in [1.54, 1.807) is 25.5 Å². The molecule has 2 aromatic rings. The van der Waals surface area contributed by atoms with Gasteiger partial charge in [0.2, 0.25) is 0 Å². The summed E-state index contributed by atoms with van der Waals surface area (Å²) < 4.78 is 1.83. The molecule has 0 amide bonds. The second-order valence-corrected chi connectivity index (χ2v) is 6.13. The van der Waals surface area contributed by atoms with Gasteiger partial charge >= 0.3 is 0 Å². The van der Waals surface area contributed by atoms with Crippen molar-refractivity contribution in [3.63, 3.8) is 0 Å². The fourth-order valence-corrected chi connectivity index (χ4v) is 2.79. The van der Waals surface area contributed by atoms with Gasteiger partial charge in [-0.15, -0.1) is 0 Å². The number of imidazole rings is 1. The van der Waals surface area contributed by atoms with Gasteiger partial charge in [0.25, 0.3) is 0 Å². The number of aromatic nitrogens is 2. The summed E-state index contributed by atoms with van der Waals surface area (Å²) in [6.45, 7) is 5.82. The third-order valence-corrected chi connectivity index (χ3v) is 4.09. The molecule has 0 radical (unpaired) electrons. The standard InChI is InChI=1S/C24H27N5/c1-5-10-19(11-6-2)22(18-26-3)21(20-12-8-7-9-13-20)14-15-27-23(25)24-28-16-17-29(24)4/h5-18H,1H2,2-4H3,(H2,25,27)/b11-6-,15-14+,19-10+,22-21-,26-18?. The first-order valence-electron chi connectivity index (χ1n) is 9.27. The fourth-order valence-electron chi connectivity index (χ4n) is 2.79. The van der Waals surface area contributed by atoms with Crippen LogP contribution in [0.5, 0.6) is 0 Å². The van der Waals surface area contributed by atoms with Gasteiger partial charge in [-0.05, 0) is 29.7 Å². The predicted octanol–water partition coefficient (Wildman–Crippen LogP) is 4.48. The molecule has 0 aliphatic carbocycles. The summed E-state index contributed by atoms with van der Waals surface area (Å²) in [4.78, 5) is 12.9. The summed E-state index contributed by atoms with van der Waals surface area (Å²) in [5.74, 6) is 0.971. The maximum atomic E-state index is 6.09. The van der Waals surface area contributed by atoms with E-state index < -0.39 is 0 Å². The molecule has 2 rings (SSSR count). The van der Waals surface area contributed by atoms with Gasteiger partial charge in [0.15, 0.2) is 11.7 Å². The first-order chi connectivity index (χ1) is 14.1. The van der Waals surface area contributed by atoms with Crippen LogP contribution in [0.1, 0.15) is 18.3 Å². The first kappa shape index (κ1) is 21.6. The van der Waals surface area contributed by atoms with E-state index in [9.17, 15) is 0 Å². The van der Waals surface area contributed by atoms with Crippen molar-refractivity contribution in [2.75, 3.05) is 7.05 Å². The molecule has 1 aromatic heterocycles. The Bertz CT molecular complexity index is 999. The smallest absolute Gasteiger partial charge is 0.175 e. The van der Waals surface area contributed by atoms with Crippen LogP contribution in [0, 0.1) is 0 Å². The van der Waals surface area contributed by atoms with E-state index >= 15 is 0 Å². The van der Waals surface area contributed by atoms with E-state index in [0.717, 1.165) is 22.3 Å². The van der Waals surface area contributed by atoms with Crippen molar-refractivity contribution in [1.82, 2.24) is 9.55 Å². The Morgan fingerprint density at radius 2 is 1.97 bits per heavy atom. The van der Waals surface area contributed by atoms with Gasteiger partial charge in [-0.1, -0.05) is 61.2 Å². The third kappa shape index (κ3) is 5.87. The van der Waals surface area contributed by atoms with Crippen LogP contribution in [0.15, 0.2) is 107 Å². The Kier molecular flexibility index (Phi) is 8.32. The third-order valence-electron chi connectivity index (χ3n) is 4.09. The number of amidine groups is 1. The minimum absolute atomic E-state index is 0.349. The lowest BCUT2D eigenvalue weighted by Crippen LogP contribution is -2.17. The molecule has 0 aliphatic heterocycles. The molecule has 1 heterocycles. The zero-order valence-corrected chi connectivity index (χ0v) is 17.2. The molecule has 29 heavy (non-hydrogen) atoms. The summed E-state index contributed by atoms with van der Waals surface area (Å²) in [7, 11) is 3.63. The van der Waals surface area contributed by atoms with Gasteiger partial charge < -0.3 is 10.3 Å². The molecule has 0 atom stereocenters.